The second-order valence-electron chi connectivity index (χ2n) is 6.54. The summed E-state index contributed by atoms with van der Waals surface area (Å²) < 4.78 is 13.6. The van der Waals surface area contributed by atoms with Gasteiger partial charge in [-0.2, -0.15) is 10.5 Å². The van der Waals surface area contributed by atoms with Gasteiger partial charge in [0.05, 0.1) is 34.4 Å². The van der Waals surface area contributed by atoms with Gasteiger partial charge in [-0.15, -0.1) is 0 Å². The van der Waals surface area contributed by atoms with Crippen LogP contribution in [0.3, 0.4) is 0 Å². The third-order valence-corrected chi connectivity index (χ3v) is 5.50. The molecule has 0 heterocycles. The van der Waals surface area contributed by atoms with Crippen LogP contribution in [0.15, 0.2) is 69.6 Å². The van der Waals surface area contributed by atoms with E-state index in [4.69, 9.17) is 14.7 Å². The first-order valence-corrected chi connectivity index (χ1v) is 11.1. The Hall–Kier alpha value is -3.06. The predicted octanol–water partition coefficient (Wildman–Crippen LogP) is 7.13. The third kappa shape index (κ3) is 5.98. The minimum absolute atomic E-state index is 0.399. The molecule has 0 aromatic heterocycles. The topological polar surface area (TPSA) is 66.0 Å². The number of hydrogen-bond donors (Lipinski definition) is 0. The Morgan fingerprint density at radius 1 is 0.968 bits per heavy atom. The molecule has 0 spiro atoms. The molecule has 3 rings (SSSR count). The van der Waals surface area contributed by atoms with E-state index in [1.54, 1.807) is 30.3 Å². The van der Waals surface area contributed by atoms with Crippen LogP contribution in [0, 0.1) is 22.7 Å². The summed E-state index contributed by atoms with van der Waals surface area (Å²) in [5.41, 5.74) is 3.62. The molecule has 0 unspecified atom stereocenters. The number of rotatable bonds is 7. The Balaban J connectivity index is 1.90. The van der Waals surface area contributed by atoms with E-state index in [2.05, 4.69) is 44.0 Å². The molecule has 0 aliphatic heterocycles. The summed E-state index contributed by atoms with van der Waals surface area (Å²) in [6, 6.07) is 22.9. The highest BCUT2D eigenvalue weighted by atomic mass is 79.9. The monoisotopic (exact) mass is 536 g/mol. The molecular weight excluding hydrogens is 520 g/mol. The molecule has 154 valence electrons. The minimum atomic E-state index is 0.399. The van der Waals surface area contributed by atoms with Crippen LogP contribution in [0.25, 0.3) is 11.6 Å². The highest BCUT2D eigenvalue weighted by Gasteiger charge is 2.13. The van der Waals surface area contributed by atoms with Crippen molar-refractivity contribution in [3.05, 3.63) is 91.9 Å². The number of nitrogens with zero attached hydrogens (tertiary/aromatic N) is 2. The van der Waals surface area contributed by atoms with Gasteiger partial charge in [0.25, 0.3) is 0 Å². The van der Waals surface area contributed by atoms with Gasteiger partial charge < -0.3 is 9.47 Å². The van der Waals surface area contributed by atoms with Gasteiger partial charge in [0.15, 0.2) is 11.5 Å². The van der Waals surface area contributed by atoms with E-state index in [0.29, 0.717) is 35.8 Å². The van der Waals surface area contributed by atoms with Crippen LogP contribution in [-0.4, -0.2) is 6.61 Å². The van der Waals surface area contributed by atoms with Crippen LogP contribution in [0.4, 0.5) is 0 Å². The molecule has 3 aromatic carbocycles. The average molecular weight is 538 g/mol. The number of benzene rings is 3. The Kier molecular flexibility index (Phi) is 7.89. The largest absolute Gasteiger partial charge is 0.490 e. The molecule has 0 bridgehead atoms. The Bertz CT molecular complexity index is 1170. The smallest absolute Gasteiger partial charge is 0.175 e. The molecule has 0 atom stereocenters. The average Bonchev–Trinajstić information content (AvgIpc) is 2.78. The lowest BCUT2D eigenvalue weighted by atomic mass is 10.0. The number of allylic oxidation sites excluding steroid dienone is 1. The van der Waals surface area contributed by atoms with Crippen LogP contribution >= 0.6 is 31.9 Å². The maximum absolute atomic E-state index is 9.64. The first-order valence-electron chi connectivity index (χ1n) is 9.50. The molecule has 0 aliphatic rings. The molecular formula is C25H18Br2N2O2. The van der Waals surface area contributed by atoms with E-state index in [9.17, 15) is 5.26 Å². The molecule has 0 fully saturated rings. The van der Waals surface area contributed by atoms with Gasteiger partial charge in [0.2, 0.25) is 0 Å². The van der Waals surface area contributed by atoms with Gasteiger partial charge in [-0.25, -0.2) is 0 Å². The van der Waals surface area contributed by atoms with Gasteiger partial charge in [-0.05, 0) is 82.0 Å². The number of ether oxygens (including phenoxy) is 2. The van der Waals surface area contributed by atoms with E-state index in [1.165, 1.54) is 0 Å². The standard InChI is InChI=1S/C25H18Br2N2O2/c1-2-30-24-13-19(11-21(15-29)20-7-3-17(14-28)4-8-20)12-23(27)25(24)31-16-18-5-9-22(26)10-6-18/h3-13H,2,16H2,1H3/b21-11-. The second-order valence-corrected chi connectivity index (χ2v) is 8.31. The quantitative estimate of drug-likeness (QED) is 0.237. The van der Waals surface area contributed by atoms with Crippen molar-refractivity contribution >= 4 is 43.5 Å². The number of hydrogen-bond acceptors (Lipinski definition) is 4. The van der Waals surface area contributed by atoms with Crippen molar-refractivity contribution in [2.45, 2.75) is 13.5 Å². The first kappa shape index (κ1) is 22.6. The van der Waals surface area contributed by atoms with E-state index in [0.717, 1.165) is 25.6 Å². The third-order valence-electron chi connectivity index (χ3n) is 4.38. The molecule has 0 aliphatic carbocycles. The van der Waals surface area contributed by atoms with Crippen LogP contribution in [-0.2, 0) is 6.61 Å². The van der Waals surface area contributed by atoms with Gasteiger partial charge in [0, 0.05) is 4.47 Å². The zero-order valence-corrected chi connectivity index (χ0v) is 19.9. The summed E-state index contributed by atoms with van der Waals surface area (Å²) in [6.45, 7) is 2.79. The van der Waals surface area contributed by atoms with Crippen LogP contribution in [0.1, 0.15) is 29.2 Å². The van der Waals surface area contributed by atoms with Crippen LogP contribution < -0.4 is 9.47 Å². The van der Waals surface area contributed by atoms with Crippen molar-refractivity contribution in [2.24, 2.45) is 0 Å². The van der Waals surface area contributed by atoms with E-state index < -0.39 is 0 Å². The second kappa shape index (κ2) is 10.8. The highest BCUT2D eigenvalue weighted by Crippen LogP contribution is 2.38. The van der Waals surface area contributed by atoms with Crippen LogP contribution in [0.2, 0.25) is 0 Å². The van der Waals surface area contributed by atoms with Crippen molar-refractivity contribution in [1.82, 2.24) is 0 Å². The fourth-order valence-electron chi connectivity index (χ4n) is 2.88. The summed E-state index contributed by atoms with van der Waals surface area (Å²) >= 11 is 7.01. The lowest BCUT2D eigenvalue weighted by Crippen LogP contribution is -2.01. The molecule has 0 amide bonds. The zero-order chi connectivity index (χ0) is 22.2. The summed E-state index contributed by atoms with van der Waals surface area (Å²) in [7, 11) is 0. The molecule has 6 heteroatoms. The molecule has 3 aromatic rings. The molecule has 31 heavy (non-hydrogen) atoms. The Morgan fingerprint density at radius 3 is 2.29 bits per heavy atom. The lowest BCUT2D eigenvalue weighted by molar-refractivity contribution is 0.267. The minimum Gasteiger partial charge on any atom is -0.490 e. The summed E-state index contributed by atoms with van der Waals surface area (Å²) in [5.74, 6) is 1.20. The van der Waals surface area contributed by atoms with Gasteiger partial charge in [-0.1, -0.05) is 40.2 Å². The molecule has 0 N–H and O–H groups in total. The zero-order valence-electron chi connectivity index (χ0n) is 16.7. The fourth-order valence-corrected chi connectivity index (χ4v) is 3.72. The van der Waals surface area contributed by atoms with Crippen molar-refractivity contribution in [3.8, 4) is 23.6 Å². The molecule has 0 saturated heterocycles. The number of nitriles is 2. The van der Waals surface area contributed by atoms with E-state index in [-0.39, 0.29) is 0 Å². The SMILES string of the molecule is CCOc1cc(/C=C(/C#N)c2ccc(C#N)cc2)cc(Br)c1OCc1ccc(Br)cc1. The highest BCUT2D eigenvalue weighted by molar-refractivity contribution is 9.10. The summed E-state index contributed by atoms with van der Waals surface area (Å²) in [6.07, 6.45) is 1.78. The van der Waals surface area contributed by atoms with Gasteiger partial charge >= 0.3 is 0 Å². The van der Waals surface area contributed by atoms with E-state index >= 15 is 0 Å². The van der Waals surface area contributed by atoms with Crippen molar-refractivity contribution in [2.75, 3.05) is 6.61 Å². The molecule has 0 saturated carbocycles. The summed E-state index contributed by atoms with van der Waals surface area (Å²) in [4.78, 5) is 0. The predicted molar refractivity (Wildman–Crippen MR) is 128 cm³/mol. The number of halogens is 2. The van der Waals surface area contributed by atoms with Crippen molar-refractivity contribution < 1.29 is 9.47 Å². The maximum Gasteiger partial charge on any atom is 0.175 e. The maximum atomic E-state index is 9.64. The van der Waals surface area contributed by atoms with Gasteiger partial charge in [-0.3, -0.25) is 0 Å². The van der Waals surface area contributed by atoms with Crippen LogP contribution in [0.5, 0.6) is 11.5 Å². The molecule has 0 radical (unpaired) electrons. The molecule has 4 nitrogen and oxygen atoms in total. The normalized spacial score (nSPS) is 10.8. The summed E-state index contributed by atoms with van der Waals surface area (Å²) in [5, 5.41) is 18.6. The Morgan fingerprint density at radius 2 is 1.68 bits per heavy atom. The Labute approximate surface area is 198 Å². The lowest BCUT2D eigenvalue weighted by Gasteiger charge is -2.15. The van der Waals surface area contributed by atoms with Gasteiger partial charge in [0.1, 0.15) is 6.61 Å². The fraction of sp³-hybridized carbons (Fsp3) is 0.120. The van der Waals surface area contributed by atoms with Crippen molar-refractivity contribution in [3.63, 3.8) is 0 Å². The van der Waals surface area contributed by atoms with E-state index in [1.807, 2.05) is 43.3 Å². The first-order chi connectivity index (χ1) is 15.0. The van der Waals surface area contributed by atoms with Crippen molar-refractivity contribution in [1.29, 1.82) is 10.5 Å².